The fourth-order valence-corrected chi connectivity index (χ4v) is 2.17. The van der Waals surface area contributed by atoms with Crippen LogP contribution in [-0.4, -0.2) is 17.3 Å². The summed E-state index contributed by atoms with van der Waals surface area (Å²) in [5.74, 6) is 0.538. The zero-order valence-corrected chi connectivity index (χ0v) is 10.9. The molecule has 0 saturated carbocycles. The first-order valence-electron chi connectivity index (χ1n) is 5.34. The van der Waals surface area contributed by atoms with Crippen molar-refractivity contribution in [2.45, 2.75) is 11.8 Å². The predicted molar refractivity (Wildman–Crippen MR) is 71.3 cm³/mol. The smallest absolute Gasteiger partial charge is 0.259 e. The number of nitrogens with one attached hydrogen (secondary N) is 1. The van der Waals surface area contributed by atoms with E-state index >= 15 is 0 Å². The number of phenolic OH excluding ortho intramolecular Hbond substituents is 1. The van der Waals surface area contributed by atoms with Crippen LogP contribution in [0.5, 0.6) is 5.75 Å². The van der Waals surface area contributed by atoms with Gasteiger partial charge in [0.15, 0.2) is 0 Å². The second-order valence-corrected chi connectivity index (χ2v) is 4.58. The van der Waals surface area contributed by atoms with Crippen LogP contribution >= 0.6 is 11.8 Å². The quantitative estimate of drug-likeness (QED) is 0.659. The Labute approximate surface area is 109 Å². The summed E-state index contributed by atoms with van der Waals surface area (Å²) in [5, 5.41) is 12.2. The average Bonchev–Trinajstić information content (AvgIpc) is 2.77. The van der Waals surface area contributed by atoms with E-state index in [2.05, 4.69) is 5.32 Å². The summed E-state index contributed by atoms with van der Waals surface area (Å²) in [6.45, 7) is 1.74. The monoisotopic (exact) mass is 263 g/mol. The molecule has 1 aromatic carbocycles. The van der Waals surface area contributed by atoms with Crippen molar-refractivity contribution >= 4 is 23.4 Å². The molecule has 2 rings (SSSR count). The van der Waals surface area contributed by atoms with Crippen LogP contribution in [0.1, 0.15) is 16.1 Å². The summed E-state index contributed by atoms with van der Waals surface area (Å²) in [5.41, 5.74) is 1.18. The van der Waals surface area contributed by atoms with Crippen LogP contribution in [0.25, 0.3) is 0 Å². The molecular formula is C13H13NO3S. The Morgan fingerprint density at radius 2 is 2.17 bits per heavy atom. The van der Waals surface area contributed by atoms with E-state index in [-0.39, 0.29) is 11.7 Å². The number of aromatic hydroxyl groups is 1. The Balaban J connectivity index is 2.24. The van der Waals surface area contributed by atoms with Crippen molar-refractivity contribution < 1.29 is 14.3 Å². The molecule has 1 aromatic heterocycles. The van der Waals surface area contributed by atoms with E-state index in [1.807, 2.05) is 6.26 Å². The molecule has 1 heterocycles. The van der Waals surface area contributed by atoms with Gasteiger partial charge in [-0.3, -0.25) is 4.79 Å². The molecule has 4 nitrogen and oxygen atoms in total. The van der Waals surface area contributed by atoms with E-state index in [1.165, 1.54) is 24.1 Å². The minimum atomic E-state index is -0.220. The fourth-order valence-electron chi connectivity index (χ4n) is 1.59. The van der Waals surface area contributed by atoms with E-state index in [0.717, 1.165) is 4.90 Å². The van der Waals surface area contributed by atoms with Crippen LogP contribution in [0.2, 0.25) is 0 Å². The third-order valence-electron chi connectivity index (χ3n) is 2.54. The largest absolute Gasteiger partial charge is 0.508 e. The Bertz CT molecular complexity index is 577. The van der Waals surface area contributed by atoms with E-state index in [0.29, 0.717) is 17.0 Å². The first kappa shape index (κ1) is 12.6. The zero-order valence-electron chi connectivity index (χ0n) is 10.1. The van der Waals surface area contributed by atoms with Gasteiger partial charge in [-0.1, -0.05) is 0 Å². The number of hydrogen-bond donors (Lipinski definition) is 2. The molecule has 1 amide bonds. The minimum absolute atomic E-state index is 0.178. The highest BCUT2D eigenvalue weighted by Gasteiger charge is 2.13. The molecule has 2 N–H and O–H groups in total. The maximum Gasteiger partial charge on any atom is 0.259 e. The molecule has 0 aliphatic rings. The number of aryl methyl sites for hydroxylation is 1. The molecule has 94 valence electrons. The van der Waals surface area contributed by atoms with Gasteiger partial charge < -0.3 is 14.8 Å². The third kappa shape index (κ3) is 2.51. The maximum absolute atomic E-state index is 12.0. The van der Waals surface area contributed by atoms with Crippen molar-refractivity contribution in [1.82, 2.24) is 0 Å². The highest BCUT2D eigenvalue weighted by Crippen LogP contribution is 2.29. The van der Waals surface area contributed by atoms with Crippen LogP contribution in [0, 0.1) is 6.92 Å². The molecule has 0 atom stereocenters. The highest BCUT2D eigenvalue weighted by atomic mass is 32.2. The summed E-state index contributed by atoms with van der Waals surface area (Å²) < 4.78 is 5.09. The van der Waals surface area contributed by atoms with Crippen molar-refractivity contribution in [3.8, 4) is 5.75 Å². The Morgan fingerprint density at radius 1 is 1.39 bits per heavy atom. The molecule has 5 heteroatoms. The molecular weight excluding hydrogens is 250 g/mol. The van der Waals surface area contributed by atoms with Gasteiger partial charge in [0.2, 0.25) is 0 Å². The Morgan fingerprint density at radius 3 is 2.78 bits per heavy atom. The zero-order chi connectivity index (χ0) is 13.1. The van der Waals surface area contributed by atoms with Crippen LogP contribution in [0.4, 0.5) is 5.69 Å². The van der Waals surface area contributed by atoms with Crippen molar-refractivity contribution in [2.24, 2.45) is 0 Å². The first-order chi connectivity index (χ1) is 8.61. The predicted octanol–water partition coefficient (Wildman–Crippen LogP) is 3.27. The van der Waals surface area contributed by atoms with E-state index in [9.17, 15) is 9.90 Å². The van der Waals surface area contributed by atoms with Crippen LogP contribution < -0.4 is 5.32 Å². The number of benzene rings is 1. The molecule has 0 fully saturated rings. The molecule has 2 aromatic rings. The van der Waals surface area contributed by atoms with Crippen molar-refractivity contribution in [1.29, 1.82) is 0 Å². The fraction of sp³-hybridized carbons (Fsp3) is 0.154. The first-order valence-corrected chi connectivity index (χ1v) is 6.56. The van der Waals surface area contributed by atoms with Gasteiger partial charge in [0.25, 0.3) is 5.91 Å². The molecule has 0 saturated heterocycles. The number of hydrogen-bond acceptors (Lipinski definition) is 4. The normalized spacial score (nSPS) is 10.3. The van der Waals surface area contributed by atoms with Gasteiger partial charge in [-0.2, -0.15) is 0 Å². The lowest BCUT2D eigenvalue weighted by atomic mass is 10.2. The van der Waals surface area contributed by atoms with Gasteiger partial charge in [0, 0.05) is 4.90 Å². The standard InChI is InChI=1S/C13H13NO3S/c1-8-10(5-6-17-8)13(16)14-11-4-3-9(15)7-12(11)18-2/h3-7,15H,1-2H3,(H,14,16). The second-order valence-electron chi connectivity index (χ2n) is 3.73. The van der Waals surface area contributed by atoms with Gasteiger partial charge in [-0.15, -0.1) is 11.8 Å². The SMILES string of the molecule is CSc1cc(O)ccc1NC(=O)c1ccoc1C. The lowest BCUT2D eigenvalue weighted by Gasteiger charge is -2.09. The second kappa shape index (κ2) is 5.18. The van der Waals surface area contributed by atoms with E-state index in [1.54, 1.807) is 25.1 Å². The summed E-state index contributed by atoms with van der Waals surface area (Å²) in [6.07, 6.45) is 3.37. The average molecular weight is 263 g/mol. The number of furan rings is 1. The van der Waals surface area contributed by atoms with Crippen LogP contribution in [-0.2, 0) is 0 Å². The molecule has 0 aliphatic heterocycles. The Kier molecular flexibility index (Phi) is 3.62. The van der Waals surface area contributed by atoms with E-state index < -0.39 is 0 Å². The third-order valence-corrected chi connectivity index (χ3v) is 3.31. The van der Waals surface area contributed by atoms with Crippen molar-refractivity contribution in [3.05, 3.63) is 41.9 Å². The van der Waals surface area contributed by atoms with Crippen molar-refractivity contribution in [3.63, 3.8) is 0 Å². The number of phenols is 1. The van der Waals surface area contributed by atoms with Crippen molar-refractivity contribution in [2.75, 3.05) is 11.6 Å². The van der Waals surface area contributed by atoms with Crippen LogP contribution in [0.3, 0.4) is 0 Å². The van der Waals surface area contributed by atoms with E-state index in [4.69, 9.17) is 4.42 Å². The molecule has 18 heavy (non-hydrogen) atoms. The summed E-state index contributed by atoms with van der Waals surface area (Å²) in [6, 6.07) is 6.46. The van der Waals surface area contributed by atoms with Crippen LogP contribution in [0.15, 0.2) is 39.8 Å². The van der Waals surface area contributed by atoms with Gasteiger partial charge >= 0.3 is 0 Å². The highest BCUT2D eigenvalue weighted by molar-refractivity contribution is 7.98. The maximum atomic E-state index is 12.0. The van der Waals surface area contributed by atoms with Gasteiger partial charge in [-0.05, 0) is 37.4 Å². The van der Waals surface area contributed by atoms with Gasteiger partial charge in [0.05, 0.1) is 17.5 Å². The molecule has 0 radical (unpaired) electrons. The molecule has 0 unspecified atom stereocenters. The summed E-state index contributed by atoms with van der Waals surface area (Å²) in [4.78, 5) is 12.8. The molecule has 0 bridgehead atoms. The molecule has 0 aliphatic carbocycles. The number of thioether (sulfide) groups is 1. The lowest BCUT2D eigenvalue weighted by molar-refractivity contribution is 0.102. The number of rotatable bonds is 3. The molecule has 0 spiro atoms. The van der Waals surface area contributed by atoms with Gasteiger partial charge in [-0.25, -0.2) is 0 Å². The summed E-state index contributed by atoms with van der Waals surface area (Å²) >= 11 is 1.45. The number of anilines is 1. The number of carbonyl (C=O) groups is 1. The minimum Gasteiger partial charge on any atom is -0.508 e. The summed E-state index contributed by atoms with van der Waals surface area (Å²) in [7, 11) is 0. The van der Waals surface area contributed by atoms with Gasteiger partial charge in [0.1, 0.15) is 11.5 Å². The Hall–Kier alpha value is -1.88. The number of carbonyl (C=O) groups excluding carboxylic acids is 1. The topological polar surface area (TPSA) is 62.5 Å². The lowest BCUT2D eigenvalue weighted by Crippen LogP contribution is -2.12. The number of amides is 1.